The number of hydrogen-bond donors (Lipinski definition) is 1. The second kappa shape index (κ2) is 7.72. The smallest absolute Gasteiger partial charge is 0.257 e. The summed E-state index contributed by atoms with van der Waals surface area (Å²) >= 11 is 1.34. The highest BCUT2D eigenvalue weighted by atomic mass is 32.1. The Morgan fingerprint density at radius 1 is 1.16 bits per heavy atom. The largest absolute Gasteiger partial charge is 0.490 e. The average Bonchev–Trinajstić information content (AvgIpc) is 3.09. The molecule has 1 amide bonds. The molecule has 6 heteroatoms. The van der Waals surface area contributed by atoms with E-state index >= 15 is 0 Å². The molecule has 0 spiro atoms. The molecule has 3 rings (SSSR count). The molecule has 5 nitrogen and oxygen atoms in total. The van der Waals surface area contributed by atoms with Gasteiger partial charge in [-0.1, -0.05) is 53.8 Å². The highest BCUT2D eigenvalue weighted by molar-refractivity contribution is 7.18. The van der Waals surface area contributed by atoms with Crippen molar-refractivity contribution in [2.24, 2.45) is 0 Å². The van der Waals surface area contributed by atoms with Crippen LogP contribution in [0.1, 0.15) is 15.9 Å². The first-order valence-corrected chi connectivity index (χ1v) is 8.53. The number of amides is 1. The molecule has 1 heterocycles. The zero-order valence-corrected chi connectivity index (χ0v) is 14.5. The van der Waals surface area contributed by atoms with Crippen molar-refractivity contribution < 1.29 is 9.53 Å². The van der Waals surface area contributed by atoms with Crippen LogP contribution < -0.4 is 10.1 Å². The molecule has 3 aromatic rings. The minimum atomic E-state index is -0.234. The summed E-state index contributed by atoms with van der Waals surface area (Å²) < 4.78 is 5.40. The lowest BCUT2D eigenvalue weighted by Crippen LogP contribution is -2.11. The van der Waals surface area contributed by atoms with Crippen LogP contribution in [0, 0.1) is 6.92 Å². The Balaban J connectivity index is 1.67. The first-order valence-electron chi connectivity index (χ1n) is 7.71. The molecule has 0 atom stereocenters. The van der Waals surface area contributed by atoms with E-state index < -0.39 is 0 Å². The molecule has 1 aromatic heterocycles. The van der Waals surface area contributed by atoms with Crippen LogP contribution in [0.25, 0.3) is 10.6 Å². The average molecular weight is 351 g/mol. The van der Waals surface area contributed by atoms with Gasteiger partial charge in [0.15, 0.2) is 0 Å². The lowest BCUT2D eigenvalue weighted by atomic mass is 10.2. The third-order valence-electron chi connectivity index (χ3n) is 3.43. The van der Waals surface area contributed by atoms with Crippen LogP contribution in [0.15, 0.2) is 61.2 Å². The molecule has 126 valence electrons. The maximum absolute atomic E-state index is 12.3. The van der Waals surface area contributed by atoms with Crippen molar-refractivity contribution in [1.82, 2.24) is 10.2 Å². The van der Waals surface area contributed by atoms with Crippen molar-refractivity contribution in [3.63, 3.8) is 0 Å². The SMILES string of the molecule is C=CCOc1ccc(C(=O)Nc2nnc(-c3ccc(C)cc3)s2)cc1. The molecule has 0 aliphatic heterocycles. The molecule has 1 N–H and O–H groups in total. The van der Waals surface area contributed by atoms with Crippen molar-refractivity contribution >= 4 is 22.4 Å². The third kappa shape index (κ3) is 4.30. The van der Waals surface area contributed by atoms with Crippen molar-refractivity contribution in [3.05, 3.63) is 72.3 Å². The van der Waals surface area contributed by atoms with Crippen LogP contribution in [-0.2, 0) is 0 Å². The van der Waals surface area contributed by atoms with Crippen molar-refractivity contribution in [3.8, 4) is 16.3 Å². The quantitative estimate of drug-likeness (QED) is 0.671. The molecule has 2 aromatic carbocycles. The summed E-state index contributed by atoms with van der Waals surface area (Å²) in [5.74, 6) is 0.455. The summed E-state index contributed by atoms with van der Waals surface area (Å²) in [7, 11) is 0. The summed E-state index contributed by atoms with van der Waals surface area (Å²) in [6.45, 7) is 6.06. The van der Waals surface area contributed by atoms with E-state index in [1.165, 1.54) is 16.9 Å². The first-order chi connectivity index (χ1) is 12.2. The molecular weight excluding hydrogens is 334 g/mol. The summed E-state index contributed by atoms with van der Waals surface area (Å²) in [6.07, 6.45) is 1.67. The number of aromatic nitrogens is 2. The number of benzene rings is 2. The number of nitrogens with one attached hydrogen (secondary N) is 1. The van der Waals surface area contributed by atoms with Crippen LogP contribution >= 0.6 is 11.3 Å². The molecule has 25 heavy (non-hydrogen) atoms. The van der Waals surface area contributed by atoms with Crippen LogP contribution in [0.3, 0.4) is 0 Å². The van der Waals surface area contributed by atoms with Crippen LogP contribution in [0.2, 0.25) is 0 Å². The number of rotatable bonds is 6. The van der Waals surface area contributed by atoms with Crippen LogP contribution in [0.5, 0.6) is 5.75 Å². The van der Waals surface area contributed by atoms with Gasteiger partial charge >= 0.3 is 0 Å². The second-order valence-corrected chi connectivity index (χ2v) is 6.33. The minimum absolute atomic E-state index is 0.234. The van der Waals surface area contributed by atoms with E-state index in [1.54, 1.807) is 30.3 Å². The molecule has 0 fully saturated rings. The summed E-state index contributed by atoms with van der Waals surface area (Å²) in [6, 6.07) is 14.9. The van der Waals surface area contributed by atoms with Crippen molar-refractivity contribution in [2.45, 2.75) is 6.92 Å². The van der Waals surface area contributed by atoms with Gasteiger partial charge < -0.3 is 4.74 Å². The minimum Gasteiger partial charge on any atom is -0.490 e. The van der Waals surface area contributed by atoms with Gasteiger partial charge in [-0.2, -0.15) is 0 Å². The molecule has 0 saturated carbocycles. The normalized spacial score (nSPS) is 10.3. The van der Waals surface area contributed by atoms with Gasteiger partial charge in [-0.05, 0) is 31.2 Å². The Kier molecular flexibility index (Phi) is 5.20. The lowest BCUT2D eigenvalue weighted by Gasteiger charge is -2.04. The predicted molar refractivity (Wildman–Crippen MR) is 100 cm³/mol. The van der Waals surface area contributed by atoms with Gasteiger partial charge in [-0.25, -0.2) is 0 Å². The zero-order chi connectivity index (χ0) is 17.6. The lowest BCUT2D eigenvalue weighted by molar-refractivity contribution is 0.102. The number of carbonyl (C=O) groups is 1. The zero-order valence-electron chi connectivity index (χ0n) is 13.7. The fraction of sp³-hybridized carbons (Fsp3) is 0.105. The number of hydrogen-bond acceptors (Lipinski definition) is 5. The molecule has 0 aliphatic carbocycles. The van der Waals surface area contributed by atoms with E-state index in [1.807, 2.05) is 31.2 Å². The van der Waals surface area contributed by atoms with Crippen LogP contribution in [-0.4, -0.2) is 22.7 Å². The molecular formula is C19H17N3O2S. The van der Waals surface area contributed by atoms with E-state index in [4.69, 9.17) is 4.74 Å². The van der Waals surface area contributed by atoms with Gasteiger partial charge in [-0.15, -0.1) is 10.2 Å². The Morgan fingerprint density at radius 2 is 1.88 bits per heavy atom. The number of ether oxygens (including phenoxy) is 1. The molecule has 0 aliphatic rings. The summed E-state index contributed by atoms with van der Waals surface area (Å²) in [5, 5.41) is 12.2. The van der Waals surface area contributed by atoms with Gasteiger partial charge in [0.2, 0.25) is 5.13 Å². The monoisotopic (exact) mass is 351 g/mol. The summed E-state index contributed by atoms with van der Waals surface area (Å²) in [5.41, 5.74) is 2.69. The van der Waals surface area contributed by atoms with Crippen LogP contribution in [0.4, 0.5) is 5.13 Å². The third-order valence-corrected chi connectivity index (χ3v) is 4.32. The van der Waals surface area contributed by atoms with Crippen molar-refractivity contribution in [1.29, 1.82) is 0 Å². The van der Waals surface area contributed by atoms with Gasteiger partial charge in [0.25, 0.3) is 5.91 Å². The second-order valence-electron chi connectivity index (χ2n) is 5.36. The number of aryl methyl sites for hydroxylation is 1. The Hall–Kier alpha value is -2.99. The van der Waals surface area contributed by atoms with Gasteiger partial charge in [0.1, 0.15) is 17.4 Å². The van der Waals surface area contributed by atoms with Crippen molar-refractivity contribution in [2.75, 3.05) is 11.9 Å². The maximum atomic E-state index is 12.3. The molecule has 0 bridgehead atoms. The Labute approximate surface area is 150 Å². The Morgan fingerprint density at radius 3 is 2.56 bits per heavy atom. The summed E-state index contributed by atoms with van der Waals surface area (Å²) in [4.78, 5) is 12.3. The maximum Gasteiger partial charge on any atom is 0.257 e. The standard InChI is InChI=1S/C19H17N3O2S/c1-3-12-24-16-10-8-14(9-11-16)17(23)20-19-22-21-18(25-19)15-6-4-13(2)5-7-15/h3-11H,1,12H2,2H3,(H,20,22,23). The topological polar surface area (TPSA) is 64.1 Å². The molecule has 0 saturated heterocycles. The van der Waals surface area contributed by atoms with E-state index in [0.717, 1.165) is 10.6 Å². The molecule has 0 unspecified atom stereocenters. The number of anilines is 1. The number of nitrogens with zero attached hydrogens (tertiary/aromatic N) is 2. The van der Waals surface area contributed by atoms with E-state index in [2.05, 4.69) is 22.1 Å². The Bertz CT molecular complexity index is 870. The first kappa shape index (κ1) is 16.9. The molecule has 0 radical (unpaired) electrons. The van der Waals surface area contributed by atoms with Gasteiger partial charge in [0.05, 0.1) is 0 Å². The fourth-order valence-electron chi connectivity index (χ4n) is 2.11. The fourth-order valence-corrected chi connectivity index (χ4v) is 2.86. The predicted octanol–water partition coefficient (Wildman–Crippen LogP) is 4.33. The number of carbonyl (C=O) groups excluding carboxylic acids is 1. The highest BCUT2D eigenvalue weighted by Gasteiger charge is 2.11. The van der Waals surface area contributed by atoms with E-state index in [-0.39, 0.29) is 5.91 Å². The van der Waals surface area contributed by atoms with E-state index in [0.29, 0.717) is 23.1 Å². The van der Waals surface area contributed by atoms with Gasteiger partial charge in [-0.3, -0.25) is 10.1 Å². The highest BCUT2D eigenvalue weighted by Crippen LogP contribution is 2.26. The van der Waals surface area contributed by atoms with E-state index in [9.17, 15) is 4.79 Å². The van der Waals surface area contributed by atoms with Gasteiger partial charge in [0, 0.05) is 11.1 Å².